The normalized spacial score (nSPS) is 12.1. The number of benzene rings is 1. The van der Waals surface area contributed by atoms with Crippen molar-refractivity contribution in [1.29, 1.82) is 0 Å². The van der Waals surface area contributed by atoms with E-state index in [1.165, 1.54) is 0 Å². The van der Waals surface area contributed by atoms with Gasteiger partial charge in [0, 0.05) is 16.6 Å². The second-order valence-corrected chi connectivity index (χ2v) is 5.42. The molecule has 0 aliphatic heterocycles. The van der Waals surface area contributed by atoms with E-state index in [0.29, 0.717) is 13.2 Å². The van der Waals surface area contributed by atoms with Crippen LogP contribution in [0.1, 0.15) is 31.9 Å². The van der Waals surface area contributed by atoms with E-state index in [-0.39, 0.29) is 5.97 Å². The van der Waals surface area contributed by atoms with E-state index in [2.05, 4.69) is 21.2 Å². The molecule has 1 N–H and O–H groups in total. The highest BCUT2D eigenvalue weighted by Crippen LogP contribution is 2.29. The number of ether oxygens (including phenoxy) is 2. The minimum Gasteiger partial charge on any atom is -0.478 e. The molecule has 0 heterocycles. The van der Waals surface area contributed by atoms with Crippen molar-refractivity contribution in [2.24, 2.45) is 0 Å². The third-order valence-electron chi connectivity index (χ3n) is 2.79. The van der Waals surface area contributed by atoms with Crippen molar-refractivity contribution in [3.63, 3.8) is 0 Å². The number of rotatable bonds is 7. The number of aryl methyl sites for hydroxylation is 1. The van der Waals surface area contributed by atoms with Gasteiger partial charge in [0.2, 0.25) is 0 Å². The van der Waals surface area contributed by atoms with E-state index in [0.717, 1.165) is 27.9 Å². The summed E-state index contributed by atoms with van der Waals surface area (Å²) in [6, 6.07) is 3.98. The molecule has 1 rings (SSSR count). The van der Waals surface area contributed by atoms with Crippen molar-refractivity contribution in [1.82, 2.24) is 5.32 Å². The van der Waals surface area contributed by atoms with Gasteiger partial charge in [0.1, 0.15) is 5.75 Å². The van der Waals surface area contributed by atoms with Gasteiger partial charge in [-0.2, -0.15) is 0 Å². The molecule has 1 aromatic carbocycles. The molecule has 4 nitrogen and oxygen atoms in total. The molecule has 0 bridgehead atoms. The molecular formula is C15H22BrNO3. The monoisotopic (exact) mass is 343 g/mol. The number of hydrogen-bond donors (Lipinski definition) is 1. The van der Waals surface area contributed by atoms with Gasteiger partial charge >= 0.3 is 5.97 Å². The lowest BCUT2D eigenvalue weighted by molar-refractivity contribution is -0.150. The zero-order valence-corrected chi connectivity index (χ0v) is 14.0. The van der Waals surface area contributed by atoms with Crippen LogP contribution in [0.15, 0.2) is 16.6 Å². The summed E-state index contributed by atoms with van der Waals surface area (Å²) in [5.41, 5.74) is 2.01. The lowest BCUT2D eigenvalue weighted by atomic mass is 10.1. The van der Waals surface area contributed by atoms with E-state index >= 15 is 0 Å². The highest BCUT2D eigenvalue weighted by molar-refractivity contribution is 9.10. The van der Waals surface area contributed by atoms with Crippen molar-refractivity contribution in [2.45, 2.75) is 40.3 Å². The maximum Gasteiger partial charge on any atom is 0.347 e. The number of hydrogen-bond acceptors (Lipinski definition) is 4. The Morgan fingerprint density at radius 3 is 2.70 bits per heavy atom. The molecule has 0 aromatic heterocycles. The SMILES string of the molecule is CCNCc1cc(Br)cc(C)c1OC(C)C(=O)OCC. The van der Waals surface area contributed by atoms with Crippen LogP contribution in [0.2, 0.25) is 0 Å². The fraction of sp³-hybridized carbons (Fsp3) is 0.533. The molecule has 1 atom stereocenters. The van der Waals surface area contributed by atoms with Gasteiger partial charge in [-0.1, -0.05) is 22.9 Å². The highest BCUT2D eigenvalue weighted by atomic mass is 79.9. The second kappa shape index (κ2) is 8.27. The van der Waals surface area contributed by atoms with Gasteiger partial charge < -0.3 is 14.8 Å². The van der Waals surface area contributed by atoms with Gasteiger partial charge in [0.15, 0.2) is 6.10 Å². The first-order valence-electron chi connectivity index (χ1n) is 6.82. The minimum atomic E-state index is -0.616. The Bertz CT molecular complexity index is 463. The Kier molecular flexibility index (Phi) is 7.02. The van der Waals surface area contributed by atoms with Crippen LogP contribution in [0.4, 0.5) is 0 Å². The van der Waals surface area contributed by atoms with E-state index in [1.807, 2.05) is 26.0 Å². The molecule has 0 saturated heterocycles. The quantitative estimate of drug-likeness (QED) is 0.772. The fourth-order valence-corrected chi connectivity index (χ4v) is 2.46. The van der Waals surface area contributed by atoms with Gasteiger partial charge in [-0.05, 0) is 45.0 Å². The third kappa shape index (κ3) is 4.80. The predicted molar refractivity (Wildman–Crippen MR) is 83.0 cm³/mol. The Labute approximate surface area is 129 Å². The predicted octanol–water partition coefficient (Wildman–Crippen LogP) is 3.20. The van der Waals surface area contributed by atoms with Crippen LogP contribution in [0.3, 0.4) is 0 Å². The van der Waals surface area contributed by atoms with Crippen molar-refractivity contribution >= 4 is 21.9 Å². The van der Waals surface area contributed by atoms with Crippen LogP contribution in [0, 0.1) is 6.92 Å². The van der Waals surface area contributed by atoms with E-state index < -0.39 is 6.10 Å². The molecule has 0 radical (unpaired) electrons. The molecule has 1 unspecified atom stereocenters. The zero-order valence-electron chi connectivity index (χ0n) is 12.5. The lowest BCUT2D eigenvalue weighted by Crippen LogP contribution is -2.27. The summed E-state index contributed by atoms with van der Waals surface area (Å²) in [6.45, 7) is 9.43. The molecule has 1 aromatic rings. The van der Waals surface area contributed by atoms with Crippen LogP contribution >= 0.6 is 15.9 Å². The standard InChI is InChI=1S/C15H22BrNO3/c1-5-17-9-12-8-13(16)7-10(3)14(12)20-11(4)15(18)19-6-2/h7-8,11,17H,5-6,9H2,1-4H3. The van der Waals surface area contributed by atoms with Crippen molar-refractivity contribution in [3.8, 4) is 5.75 Å². The Morgan fingerprint density at radius 1 is 1.40 bits per heavy atom. The number of esters is 1. The van der Waals surface area contributed by atoms with Crippen LogP contribution in [0.5, 0.6) is 5.75 Å². The maximum atomic E-state index is 11.7. The lowest BCUT2D eigenvalue weighted by Gasteiger charge is -2.19. The van der Waals surface area contributed by atoms with Gasteiger partial charge in [0.05, 0.1) is 6.61 Å². The van der Waals surface area contributed by atoms with E-state index in [1.54, 1.807) is 13.8 Å². The Hall–Kier alpha value is -1.07. The second-order valence-electron chi connectivity index (χ2n) is 4.50. The summed E-state index contributed by atoms with van der Waals surface area (Å²) in [6.07, 6.45) is -0.616. The summed E-state index contributed by atoms with van der Waals surface area (Å²) in [5.74, 6) is 0.402. The smallest absolute Gasteiger partial charge is 0.347 e. The fourth-order valence-electron chi connectivity index (χ4n) is 1.84. The van der Waals surface area contributed by atoms with Crippen LogP contribution in [-0.2, 0) is 16.1 Å². The number of halogens is 1. The maximum absolute atomic E-state index is 11.7. The summed E-state index contributed by atoms with van der Waals surface area (Å²) < 4.78 is 11.8. The van der Waals surface area contributed by atoms with Gasteiger partial charge in [-0.3, -0.25) is 0 Å². The molecule has 112 valence electrons. The first-order valence-corrected chi connectivity index (χ1v) is 7.61. The molecule has 0 saturated carbocycles. The number of nitrogens with one attached hydrogen (secondary N) is 1. The first kappa shape index (κ1) is 17.0. The molecule has 0 fully saturated rings. The first-order chi connectivity index (χ1) is 9.49. The van der Waals surface area contributed by atoms with E-state index in [4.69, 9.17) is 9.47 Å². The highest BCUT2D eigenvalue weighted by Gasteiger charge is 2.19. The molecular weight excluding hydrogens is 322 g/mol. The number of carbonyl (C=O) groups is 1. The molecule has 0 amide bonds. The zero-order chi connectivity index (χ0) is 15.1. The molecule has 20 heavy (non-hydrogen) atoms. The van der Waals surface area contributed by atoms with Crippen molar-refractivity contribution in [3.05, 3.63) is 27.7 Å². The largest absolute Gasteiger partial charge is 0.478 e. The van der Waals surface area contributed by atoms with Crippen LogP contribution in [0.25, 0.3) is 0 Å². The van der Waals surface area contributed by atoms with Crippen molar-refractivity contribution in [2.75, 3.05) is 13.2 Å². The summed E-state index contributed by atoms with van der Waals surface area (Å²) in [4.78, 5) is 11.7. The van der Waals surface area contributed by atoms with Gasteiger partial charge in [-0.25, -0.2) is 4.79 Å². The van der Waals surface area contributed by atoms with E-state index in [9.17, 15) is 4.79 Å². The Morgan fingerprint density at radius 2 is 2.10 bits per heavy atom. The van der Waals surface area contributed by atoms with Gasteiger partial charge in [0.25, 0.3) is 0 Å². The topological polar surface area (TPSA) is 47.6 Å². The average Bonchev–Trinajstić information content (AvgIpc) is 2.39. The molecule has 0 aliphatic rings. The van der Waals surface area contributed by atoms with Crippen LogP contribution < -0.4 is 10.1 Å². The minimum absolute atomic E-state index is 0.343. The third-order valence-corrected chi connectivity index (χ3v) is 3.25. The Balaban J connectivity index is 2.94. The van der Waals surface area contributed by atoms with Gasteiger partial charge in [-0.15, -0.1) is 0 Å². The summed E-state index contributed by atoms with van der Waals surface area (Å²) >= 11 is 3.48. The number of carbonyl (C=O) groups excluding carboxylic acids is 1. The summed E-state index contributed by atoms with van der Waals surface area (Å²) in [7, 11) is 0. The average molecular weight is 344 g/mol. The summed E-state index contributed by atoms with van der Waals surface area (Å²) in [5, 5.41) is 3.27. The molecule has 0 aliphatic carbocycles. The molecule has 0 spiro atoms. The molecule has 5 heteroatoms. The van der Waals surface area contributed by atoms with Crippen molar-refractivity contribution < 1.29 is 14.3 Å². The van der Waals surface area contributed by atoms with Crippen LogP contribution in [-0.4, -0.2) is 25.2 Å².